The SMILES string of the molecule is CC1(C)OCc2cc(CC(O)NCCCCCCOCCCCc3cccc(N4CC(=O)N(CC(N)=O)C4=O)c3)ccc2O1. The Balaban J connectivity index is 1.00. The molecule has 2 aliphatic heterocycles. The minimum absolute atomic E-state index is 0.0939. The molecular formula is C33H46N4O7. The molecule has 0 saturated carbocycles. The molecule has 11 heteroatoms. The fourth-order valence-electron chi connectivity index (χ4n) is 5.33. The molecule has 4 rings (SSSR count). The Hall–Kier alpha value is -3.51. The first-order valence-corrected chi connectivity index (χ1v) is 15.5. The van der Waals surface area contributed by atoms with Crippen LogP contribution in [0.4, 0.5) is 10.5 Å². The third kappa shape index (κ3) is 10.0. The molecule has 4 N–H and O–H groups in total. The average Bonchev–Trinajstić information content (AvgIpc) is 3.25. The molecule has 4 amide bonds. The van der Waals surface area contributed by atoms with Crippen molar-refractivity contribution in [2.24, 2.45) is 5.73 Å². The summed E-state index contributed by atoms with van der Waals surface area (Å²) in [6.45, 7) is 6.01. The van der Waals surface area contributed by atoms with Gasteiger partial charge in [0.1, 0.15) is 25.1 Å². The van der Waals surface area contributed by atoms with Gasteiger partial charge in [0, 0.05) is 44.7 Å². The van der Waals surface area contributed by atoms with Crippen LogP contribution in [0.5, 0.6) is 5.75 Å². The quantitative estimate of drug-likeness (QED) is 0.132. The zero-order chi connectivity index (χ0) is 31.5. The Morgan fingerprint density at radius 2 is 1.82 bits per heavy atom. The van der Waals surface area contributed by atoms with Gasteiger partial charge in [-0.05, 0) is 74.0 Å². The number of hydrogen-bond donors (Lipinski definition) is 3. The van der Waals surface area contributed by atoms with Gasteiger partial charge in [0.15, 0.2) is 0 Å². The first-order chi connectivity index (χ1) is 21.1. The molecule has 2 aromatic rings. The molecule has 0 radical (unpaired) electrons. The monoisotopic (exact) mass is 610 g/mol. The number of nitrogens with one attached hydrogen (secondary N) is 1. The Morgan fingerprint density at radius 3 is 2.61 bits per heavy atom. The Bertz CT molecular complexity index is 1280. The van der Waals surface area contributed by atoms with Crippen molar-refractivity contribution in [2.75, 3.05) is 37.7 Å². The number of hydrogen-bond acceptors (Lipinski definition) is 8. The fraction of sp³-hybridized carbons (Fsp3) is 0.545. The highest BCUT2D eigenvalue weighted by Gasteiger charge is 2.37. The molecule has 240 valence electrons. The van der Waals surface area contributed by atoms with Crippen LogP contribution in [0.3, 0.4) is 0 Å². The topological polar surface area (TPSA) is 144 Å². The maximum Gasteiger partial charge on any atom is 0.332 e. The Morgan fingerprint density at radius 1 is 1.05 bits per heavy atom. The number of fused-ring (bicyclic) bond motifs is 1. The van der Waals surface area contributed by atoms with Gasteiger partial charge in [-0.25, -0.2) is 4.79 Å². The number of aliphatic hydroxyl groups excluding tert-OH is 1. The summed E-state index contributed by atoms with van der Waals surface area (Å²) in [7, 11) is 0. The third-order valence-corrected chi connectivity index (χ3v) is 7.68. The van der Waals surface area contributed by atoms with Gasteiger partial charge in [-0.15, -0.1) is 0 Å². The highest BCUT2D eigenvalue weighted by atomic mass is 16.7. The number of imide groups is 1. The van der Waals surface area contributed by atoms with E-state index in [0.717, 1.165) is 85.4 Å². The minimum Gasteiger partial charge on any atom is -0.463 e. The highest BCUT2D eigenvalue weighted by Crippen LogP contribution is 2.32. The smallest absolute Gasteiger partial charge is 0.332 e. The molecule has 1 saturated heterocycles. The molecular weight excluding hydrogens is 564 g/mol. The number of benzene rings is 2. The summed E-state index contributed by atoms with van der Waals surface area (Å²) < 4.78 is 17.3. The van der Waals surface area contributed by atoms with Crippen molar-refractivity contribution in [3.8, 4) is 5.75 Å². The van der Waals surface area contributed by atoms with Crippen LogP contribution in [0.2, 0.25) is 0 Å². The lowest BCUT2D eigenvalue weighted by molar-refractivity contribution is -0.180. The largest absolute Gasteiger partial charge is 0.463 e. The summed E-state index contributed by atoms with van der Waals surface area (Å²) in [6, 6.07) is 13.0. The normalized spacial score (nSPS) is 16.6. The van der Waals surface area contributed by atoms with Gasteiger partial charge in [-0.3, -0.25) is 24.7 Å². The lowest BCUT2D eigenvalue weighted by atomic mass is 10.1. The summed E-state index contributed by atoms with van der Waals surface area (Å²) in [5.74, 6) is -0.918. The van der Waals surface area contributed by atoms with Crippen molar-refractivity contribution in [1.82, 2.24) is 10.2 Å². The van der Waals surface area contributed by atoms with Crippen LogP contribution in [0, 0.1) is 0 Å². The van der Waals surface area contributed by atoms with Gasteiger partial charge in [0.05, 0.1) is 6.61 Å². The number of primary amides is 1. The van der Waals surface area contributed by atoms with Gasteiger partial charge >= 0.3 is 6.03 Å². The number of rotatable bonds is 18. The number of aryl methyl sites for hydroxylation is 1. The zero-order valence-electron chi connectivity index (χ0n) is 25.9. The molecule has 0 aromatic heterocycles. The molecule has 2 aliphatic rings. The molecule has 11 nitrogen and oxygen atoms in total. The van der Waals surface area contributed by atoms with E-state index >= 15 is 0 Å². The fourth-order valence-corrected chi connectivity index (χ4v) is 5.33. The average molecular weight is 611 g/mol. The first kappa shape index (κ1) is 33.4. The summed E-state index contributed by atoms with van der Waals surface area (Å²) in [5, 5.41) is 13.6. The zero-order valence-corrected chi connectivity index (χ0v) is 25.9. The van der Waals surface area contributed by atoms with Crippen LogP contribution in [0.1, 0.15) is 69.1 Å². The molecule has 44 heavy (non-hydrogen) atoms. The number of anilines is 1. The van der Waals surface area contributed by atoms with Crippen LogP contribution in [0.15, 0.2) is 42.5 Å². The molecule has 1 unspecified atom stereocenters. The van der Waals surface area contributed by atoms with Gasteiger partial charge < -0.3 is 25.1 Å². The second-order valence-electron chi connectivity index (χ2n) is 11.9. The number of carbonyl (C=O) groups excluding carboxylic acids is 3. The number of ether oxygens (including phenoxy) is 3. The van der Waals surface area contributed by atoms with Crippen LogP contribution in [-0.2, 0) is 38.5 Å². The number of unbranched alkanes of at least 4 members (excludes halogenated alkanes) is 4. The second kappa shape index (κ2) is 16.0. The van der Waals surface area contributed by atoms with Gasteiger partial charge in [0.25, 0.3) is 5.91 Å². The lowest BCUT2D eigenvalue weighted by Crippen LogP contribution is -2.39. The van der Waals surface area contributed by atoms with Crippen molar-refractivity contribution >= 4 is 23.5 Å². The summed E-state index contributed by atoms with van der Waals surface area (Å²) in [4.78, 5) is 38.1. The third-order valence-electron chi connectivity index (χ3n) is 7.68. The van der Waals surface area contributed by atoms with E-state index in [9.17, 15) is 19.5 Å². The number of nitrogens with zero attached hydrogens (tertiary/aromatic N) is 2. The Labute approximate surface area is 259 Å². The maximum absolute atomic E-state index is 12.5. The molecule has 1 fully saturated rings. The van der Waals surface area contributed by atoms with E-state index in [1.807, 2.05) is 50.2 Å². The number of carbonyl (C=O) groups is 3. The van der Waals surface area contributed by atoms with E-state index < -0.39 is 36.4 Å². The number of nitrogens with two attached hydrogens (primary N) is 1. The van der Waals surface area contributed by atoms with E-state index in [1.165, 1.54) is 4.90 Å². The van der Waals surface area contributed by atoms with Crippen LogP contribution < -0.4 is 20.7 Å². The van der Waals surface area contributed by atoms with E-state index in [0.29, 0.717) is 25.3 Å². The number of aliphatic hydroxyl groups is 1. The van der Waals surface area contributed by atoms with Crippen molar-refractivity contribution in [1.29, 1.82) is 0 Å². The van der Waals surface area contributed by atoms with Gasteiger partial charge in [-0.2, -0.15) is 0 Å². The molecule has 1 atom stereocenters. The van der Waals surface area contributed by atoms with Crippen LogP contribution >= 0.6 is 0 Å². The second-order valence-corrected chi connectivity index (χ2v) is 11.9. The predicted octanol–water partition coefficient (Wildman–Crippen LogP) is 3.64. The van der Waals surface area contributed by atoms with E-state index in [1.54, 1.807) is 6.07 Å². The van der Waals surface area contributed by atoms with Crippen molar-refractivity contribution < 1.29 is 33.7 Å². The van der Waals surface area contributed by atoms with Crippen molar-refractivity contribution in [3.63, 3.8) is 0 Å². The van der Waals surface area contributed by atoms with Crippen molar-refractivity contribution in [3.05, 3.63) is 59.2 Å². The Kier molecular flexibility index (Phi) is 12.1. The van der Waals surface area contributed by atoms with Gasteiger partial charge in [0.2, 0.25) is 11.7 Å². The highest BCUT2D eigenvalue weighted by molar-refractivity contribution is 6.13. The summed E-state index contributed by atoms with van der Waals surface area (Å²) >= 11 is 0. The number of amides is 4. The standard InChI is InChI=1S/C33H46N4O7/c1-33(2)43-23-26-18-25(13-14-28(26)44-33)20-30(39)35-15-6-3-4-7-16-42-17-8-5-10-24-11-9-12-27(19-24)36-22-31(40)37(32(36)41)21-29(34)38/h9,11-14,18-19,30,35,39H,3-8,10,15-17,20-23H2,1-2H3,(H2,34,38). The molecule has 2 heterocycles. The van der Waals surface area contributed by atoms with Crippen LogP contribution in [-0.4, -0.2) is 72.7 Å². The lowest BCUT2D eigenvalue weighted by Gasteiger charge is -2.32. The van der Waals surface area contributed by atoms with Crippen LogP contribution in [0.25, 0.3) is 0 Å². The molecule has 0 aliphatic carbocycles. The molecule has 0 bridgehead atoms. The predicted molar refractivity (Wildman–Crippen MR) is 166 cm³/mol. The minimum atomic E-state index is -0.719. The van der Waals surface area contributed by atoms with Crippen molar-refractivity contribution in [2.45, 2.75) is 83.8 Å². The van der Waals surface area contributed by atoms with Gasteiger partial charge in [-0.1, -0.05) is 31.0 Å². The summed E-state index contributed by atoms with van der Waals surface area (Å²) in [5.41, 5.74) is 8.92. The molecule has 0 spiro atoms. The number of urea groups is 1. The molecule has 2 aromatic carbocycles. The van der Waals surface area contributed by atoms with E-state index in [4.69, 9.17) is 19.9 Å². The summed E-state index contributed by atoms with van der Waals surface area (Å²) in [6.07, 6.45) is 6.83. The van der Waals surface area contributed by atoms with E-state index in [-0.39, 0.29) is 6.54 Å². The first-order valence-electron chi connectivity index (χ1n) is 15.5. The maximum atomic E-state index is 12.5. The van der Waals surface area contributed by atoms with E-state index in [2.05, 4.69) is 5.32 Å².